The van der Waals surface area contributed by atoms with Crippen LogP contribution in [0.5, 0.6) is 0 Å². The average Bonchev–Trinajstić information content (AvgIpc) is 3.65. The van der Waals surface area contributed by atoms with Crippen LogP contribution < -0.4 is 10.5 Å². The van der Waals surface area contributed by atoms with E-state index in [0.717, 1.165) is 73.9 Å². The van der Waals surface area contributed by atoms with E-state index < -0.39 is 0 Å². The van der Waals surface area contributed by atoms with E-state index in [0.29, 0.717) is 12.5 Å². The van der Waals surface area contributed by atoms with Crippen LogP contribution in [0.25, 0.3) is 5.69 Å². The summed E-state index contributed by atoms with van der Waals surface area (Å²) >= 11 is 0. The summed E-state index contributed by atoms with van der Waals surface area (Å²) < 4.78 is 2.13. The van der Waals surface area contributed by atoms with Gasteiger partial charge < -0.3 is 9.88 Å². The monoisotopic (exact) mass is 444 g/mol. The number of nitrogens with one attached hydrogen (secondary N) is 1. The van der Waals surface area contributed by atoms with Crippen molar-refractivity contribution in [3.63, 3.8) is 0 Å². The lowest BCUT2D eigenvalue weighted by Crippen LogP contribution is -2.37. The molecule has 1 saturated carbocycles. The van der Waals surface area contributed by atoms with Crippen molar-refractivity contribution in [2.24, 2.45) is 0 Å². The Morgan fingerprint density at radius 1 is 1.06 bits per heavy atom. The normalized spacial score (nSPS) is 19.0. The highest BCUT2D eigenvalue weighted by molar-refractivity contribution is 5.55. The zero-order chi connectivity index (χ0) is 22.4. The van der Waals surface area contributed by atoms with Gasteiger partial charge in [-0.05, 0) is 51.2 Å². The molecule has 7 heteroatoms. The van der Waals surface area contributed by atoms with E-state index in [-0.39, 0.29) is 5.56 Å². The molecule has 0 bridgehead atoms. The first kappa shape index (κ1) is 20.7. The van der Waals surface area contributed by atoms with Gasteiger partial charge in [-0.2, -0.15) is 5.10 Å². The number of aromatic nitrogens is 4. The van der Waals surface area contributed by atoms with Crippen molar-refractivity contribution in [1.82, 2.24) is 24.6 Å². The Morgan fingerprint density at radius 3 is 2.61 bits per heavy atom. The van der Waals surface area contributed by atoms with Crippen molar-refractivity contribution < 1.29 is 0 Å². The molecule has 0 atom stereocenters. The molecule has 3 aromatic rings. The number of aryl methyl sites for hydroxylation is 1. The Kier molecular flexibility index (Phi) is 5.29. The second kappa shape index (κ2) is 8.45. The number of benzene rings is 1. The Balaban J connectivity index is 1.32. The van der Waals surface area contributed by atoms with Crippen molar-refractivity contribution in [2.45, 2.75) is 64.5 Å². The number of hydrogen-bond acceptors (Lipinski definition) is 5. The summed E-state index contributed by atoms with van der Waals surface area (Å²) in [5.41, 5.74) is 5.36. The molecule has 4 heterocycles. The first-order chi connectivity index (χ1) is 16.2. The molecule has 33 heavy (non-hydrogen) atoms. The predicted molar refractivity (Wildman–Crippen MR) is 129 cm³/mol. The van der Waals surface area contributed by atoms with Crippen LogP contribution in [0.4, 0.5) is 5.82 Å². The van der Waals surface area contributed by atoms with Gasteiger partial charge in [-0.1, -0.05) is 18.2 Å². The van der Waals surface area contributed by atoms with Gasteiger partial charge in [-0.25, -0.2) is 9.67 Å². The largest absolute Gasteiger partial charge is 0.356 e. The molecule has 1 saturated heterocycles. The summed E-state index contributed by atoms with van der Waals surface area (Å²) in [5, 5.41) is 4.99. The maximum absolute atomic E-state index is 12.8. The number of rotatable bonds is 5. The fraction of sp³-hybridized carbons (Fsp3) is 0.500. The van der Waals surface area contributed by atoms with Crippen LogP contribution in [0, 0.1) is 6.92 Å². The van der Waals surface area contributed by atoms with Crippen LogP contribution in [-0.2, 0) is 19.5 Å². The molecule has 6 rings (SSSR count). The maximum atomic E-state index is 12.8. The highest BCUT2D eigenvalue weighted by Crippen LogP contribution is 2.38. The lowest BCUT2D eigenvalue weighted by Gasteiger charge is -2.32. The number of anilines is 1. The van der Waals surface area contributed by atoms with E-state index in [9.17, 15) is 4.79 Å². The number of piperidine rings is 1. The van der Waals surface area contributed by atoms with Gasteiger partial charge in [0.15, 0.2) is 0 Å². The molecule has 1 N–H and O–H groups in total. The number of fused-ring (bicyclic) bond motifs is 1. The van der Waals surface area contributed by atoms with E-state index in [1.54, 1.807) is 0 Å². The lowest BCUT2D eigenvalue weighted by molar-refractivity contribution is 0.241. The standard InChI is InChI=1S/C26H32N6O/c1-18-21(16-30-15-12-23-22(17-30)25(33)28-24(27-23)19-10-11-19)26(31-13-6-3-7-14-31)32(29-18)20-8-4-2-5-9-20/h2,4-5,8-9,19H,3,6-7,10-17H2,1H3,(H,27,28,33). The van der Waals surface area contributed by atoms with Gasteiger partial charge in [-0.3, -0.25) is 9.69 Å². The molecule has 1 aromatic carbocycles. The van der Waals surface area contributed by atoms with E-state index >= 15 is 0 Å². The molecule has 0 amide bonds. The highest BCUT2D eigenvalue weighted by atomic mass is 16.1. The second-order valence-corrected chi connectivity index (χ2v) is 9.79. The van der Waals surface area contributed by atoms with Gasteiger partial charge in [0.05, 0.1) is 22.6 Å². The average molecular weight is 445 g/mol. The Labute approximate surface area is 194 Å². The molecule has 2 aliphatic heterocycles. The summed E-state index contributed by atoms with van der Waals surface area (Å²) in [7, 11) is 0. The van der Waals surface area contributed by atoms with Crippen LogP contribution in [0.15, 0.2) is 35.1 Å². The molecule has 172 valence electrons. The zero-order valence-electron chi connectivity index (χ0n) is 19.4. The third-order valence-electron chi connectivity index (χ3n) is 7.33. The number of H-pyrrole nitrogens is 1. The minimum atomic E-state index is 0.0551. The van der Waals surface area contributed by atoms with Gasteiger partial charge in [-0.15, -0.1) is 0 Å². The van der Waals surface area contributed by atoms with Gasteiger partial charge in [0.1, 0.15) is 11.6 Å². The van der Waals surface area contributed by atoms with Crippen LogP contribution in [-0.4, -0.2) is 44.3 Å². The van der Waals surface area contributed by atoms with E-state index in [1.165, 1.54) is 30.6 Å². The van der Waals surface area contributed by atoms with Crippen LogP contribution in [0.1, 0.15) is 66.4 Å². The summed E-state index contributed by atoms with van der Waals surface area (Å²) in [6.45, 7) is 6.63. The summed E-state index contributed by atoms with van der Waals surface area (Å²) in [6.07, 6.45) is 6.88. The maximum Gasteiger partial charge on any atom is 0.255 e. The van der Waals surface area contributed by atoms with Crippen molar-refractivity contribution in [2.75, 3.05) is 24.5 Å². The van der Waals surface area contributed by atoms with Crippen molar-refractivity contribution in [3.05, 3.63) is 69.0 Å². The highest BCUT2D eigenvalue weighted by Gasteiger charge is 2.30. The quantitative estimate of drug-likeness (QED) is 0.650. The first-order valence-electron chi connectivity index (χ1n) is 12.4. The third-order valence-corrected chi connectivity index (χ3v) is 7.33. The zero-order valence-corrected chi connectivity index (χ0v) is 19.4. The molecule has 0 spiro atoms. The first-order valence-corrected chi connectivity index (χ1v) is 12.4. The molecule has 0 unspecified atom stereocenters. The summed E-state index contributed by atoms with van der Waals surface area (Å²) in [5.74, 6) is 2.60. The second-order valence-electron chi connectivity index (χ2n) is 9.79. The van der Waals surface area contributed by atoms with Crippen molar-refractivity contribution >= 4 is 5.82 Å². The van der Waals surface area contributed by atoms with Crippen LogP contribution in [0.3, 0.4) is 0 Å². The molecular formula is C26H32N6O. The number of nitrogens with zero attached hydrogens (tertiary/aromatic N) is 5. The topological polar surface area (TPSA) is 70.1 Å². The third kappa shape index (κ3) is 3.99. The van der Waals surface area contributed by atoms with Gasteiger partial charge in [0.2, 0.25) is 0 Å². The number of hydrogen-bond donors (Lipinski definition) is 1. The van der Waals surface area contributed by atoms with Gasteiger partial charge >= 0.3 is 0 Å². The molecule has 2 fully saturated rings. The molecule has 3 aliphatic rings. The molecule has 0 radical (unpaired) electrons. The van der Waals surface area contributed by atoms with E-state index in [1.807, 2.05) is 6.07 Å². The van der Waals surface area contributed by atoms with Gasteiger partial charge in [0.25, 0.3) is 5.56 Å². The Bertz CT molecular complexity index is 1200. The van der Waals surface area contributed by atoms with Crippen LogP contribution >= 0.6 is 0 Å². The van der Waals surface area contributed by atoms with E-state index in [2.05, 4.69) is 50.7 Å². The molecule has 2 aromatic heterocycles. The van der Waals surface area contributed by atoms with E-state index in [4.69, 9.17) is 10.1 Å². The van der Waals surface area contributed by atoms with Crippen molar-refractivity contribution in [3.8, 4) is 5.69 Å². The number of aromatic amines is 1. The predicted octanol–water partition coefficient (Wildman–Crippen LogP) is 3.69. The van der Waals surface area contributed by atoms with Gasteiger partial charge in [0, 0.05) is 50.6 Å². The minimum absolute atomic E-state index is 0.0551. The molecule has 7 nitrogen and oxygen atoms in total. The fourth-order valence-electron chi connectivity index (χ4n) is 5.32. The lowest BCUT2D eigenvalue weighted by atomic mass is 10.0. The summed E-state index contributed by atoms with van der Waals surface area (Å²) in [6, 6.07) is 10.4. The summed E-state index contributed by atoms with van der Waals surface area (Å²) in [4.78, 5) is 25.6. The molecular weight excluding hydrogens is 412 g/mol. The SMILES string of the molecule is Cc1nn(-c2ccccc2)c(N2CCCCC2)c1CN1CCc2nc(C3CC3)[nH]c(=O)c2C1. The Hall–Kier alpha value is -2.93. The van der Waals surface area contributed by atoms with Crippen molar-refractivity contribution in [1.29, 1.82) is 0 Å². The minimum Gasteiger partial charge on any atom is -0.356 e. The fourth-order valence-corrected chi connectivity index (χ4v) is 5.32. The number of para-hydroxylation sites is 1. The smallest absolute Gasteiger partial charge is 0.255 e. The van der Waals surface area contributed by atoms with Crippen LogP contribution in [0.2, 0.25) is 0 Å². The molecule has 1 aliphatic carbocycles. The Morgan fingerprint density at radius 2 is 1.85 bits per heavy atom.